The third kappa shape index (κ3) is 3.73. The number of carboxylic acids is 1. The minimum atomic E-state index is -1.14. The van der Waals surface area contributed by atoms with Crippen LogP contribution >= 0.6 is 0 Å². The van der Waals surface area contributed by atoms with Gasteiger partial charge < -0.3 is 10.4 Å². The molecule has 142 valence electrons. The molecular formula is C17H21N7O3. The number of anilines is 1. The molecule has 0 spiro atoms. The predicted molar refractivity (Wildman–Crippen MR) is 96.5 cm³/mol. The van der Waals surface area contributed by atoms with Crippen LogP contribution in [0.1, 0.15) is 41.6 Å². The number of aryl methyl sites for hydroxylation is 1. The van der Waals surface area contributed by atoms with E-state index in [1.807, 2.05) is 24.7 Å². The Morgan fingerprint density at radius 1 is 1.26 bits per heavy atom. The third-order valence-corrected chi connectivity index (χ3v) is 4.37. The topological polar surface area (TPSA) is 120 Å². The predicted octanol–water partition coefficient (Wildman–Crippen LogP) is 1.55. The van der Waals surface area contributed by atoms with E-state index >= 15 is 0 Å². The Bertz CT molecular complexity index is 969. The number of aromatic nitrogens is 6. The number of hydrogen-bond donors (Lipinski definition) is 2. The van der Waals surface area contributed by atoms with E-state index in [4.69, 9.17) is 5.11 Å². The molecule has 1 unspecified atom stereocenters. The monoisotopic (exact) mass is 371 g/mol. The van der Waals surface area contributed by atoms with E-state index in [9.17, 15) is 9.59 Å². The lowest BCUT2D eigenvalue weighted by Gasteiger charge is -2.13. The molecular weight excluding hydrogens is 350 g/mol. The number of aromatic carboxylic acids is 1. The van der Waals surface area contributed by atoms with Gasteiger partial charge in [-0.1, -0.05) is 0 Å². The second-order valence-corrected chi connectivity index (χ2v) is 6.13. The van der Waals surface area contributed by atoms with Gasteiger partial charge >= 0.3 is 5.97 Å². The van der Waals surface area contributed by atoms with Gasteiger partial charge in [0.1, 0.15) is 11.7 Å². The Morgan fingerprint density at radius 2 is 2.04 bits per heavy atom. The Kier molecular flexibility index (Phi) is 5.06. The molecule has 0 saturated carbocycles. The van der Waals surface area contributed by atoms with Crippen LogP contribution in [0.25, 0.3) is 0 Å². The fourth-order valence-electron chi connectivity index (χ4n) is 2.80. The Balaban J connectivity index is 1.68. The van der Waals surface area contributed by atoms with E-state index in [2.05, 4.69) is 20.6 Å². The summed E-state index contributed by atoms with van der Waals surface area (Å²) in [6.45, 7) is 6.96. The van der Waals surface area contributed by atoms with Gasteiger partial charge in [0.2, 0.25) is 5.91 Å². The van der Waals surface area contributed by atoms with Crippen molar-refractivity contribution in [2.24, 2.45) is 0 Å². The summed E-state index contributed by atoms with van der Waals surface area (Å²) >= 11 is 0. The number of amides is 1. The minimum Gasteiger partial charge on any atom is -0.477 e. The van der Waals surface area contributed by atoms with Gasteiger partial charge in [-0.05, 0) is 26.8 Å². The van der Waals surface area contributed by atoms with Gasteiger partial charge in [0.15, 0.2) is 0 Å². The van der Waals surface area contributed by atoms with Crippen molar-refractivity contribution in [2.75, 3.05) is 5.32 Å². The number of carbonyl (C=O) groups excluding carboxylic acids is 1. The highest BCUT2D eigenvalue weighted by molar-refractivity contribution is 5.94. The molecule has 3 aromatic rings. The molecule has 0 aliphatic heterocycles. The van der Waals surface area contributed by atoms with Crippen molar-refractivity contribution >= 4 is 17.6 Å². The van der Waals surface area contributed by atoms with Gasteiger partial charge in [-0.2, -0.15) is 15.3 Å². The van der Waals surface area contributed by atoms with Crippen LogP contribution in [0, 0.1) is 6.92 Å². The van der Waals surface area contributed by atoms with Crippen LogP contribution in [0.5, 0.6) is 0 Å². The quantitative estimate of drug-likeness (QED) is 0.650. The smallest absolute Gasteiger partial charge is 0.354 e. The van der Waals surface area contributed by atoms with Gasteiger partial charge in [-0.3, -0.25) is 14.2 Å². The highest BCUT2D eigenvalue weighted by Gasteiger charge is 2.21. The molecule has 27 heavy (non-hydrogen) atoms. The first-order valence-corrected chi connectivity index (χ1v) is 8.52. The summed E-state index contributed by atoms with van der Waals surface area (Å²) in [4.78, 5) is 23.6. The molecule has 1 atom stereocenters. The van der Waals surface area contributed by atoms with Crippen LogP contribution < -0.4 is 5.32 Å². The zero-order valence-corrected chi connectivity index (χ0v) is 15.3. The van der Waals surface area contributed by atoms with Crippen LogP contribution in [-0.2, 0) is 17.9 Å². The highest BCUT2D eigenvalue weighted by Crippen LogP contribution is 2.15. The third-order valence-electron chi connectivity index (χ3n) is 4.37. The SMILES string of the molecule is CCn1ncc(Cn2cc(NC(=O)C(C)n3nccc3C(=O)O)cn2)c1C. The van der Waals surface area contributed by atoms with Gasteiger partial charge in [0.05, 0.1) is 24.6 Å². The lowest BCUT2D eigenvalue weighted by molar-refractivity contribution is -0.119. The Labute approximate surface area is 155 Å². The average Bonchev–Trinajstić information content (AvgIpc) is 3.36. The van der Waals surface area contributed by atoms with Gasteiger partial charge in [-0.25, -0.2) is 9.48 Å². The maximum absolute atomic E-state index is 12.4. The second-order valence-electron chi connectivity index (χ2n) is 6.13. The van der Waals surface area contributed by atoms with Crippen molar-refractivity contribution < 1.29 is 14.7 Å². The van der Waals surface area contributed by atoms with Crippen LogP contribution in [0.4, 0.5) is 5.69 Å². The van der Waals surface area contributed by atoms with E-state index in [1.165, 1.54) is 16.9 Å². The molecule has 3 rings (SSSR count). The summed E-state index contributed by atoms with van der Waals surface area (Å²) in [5.74, 6) is -1.52. The fourth-order valence-corrected chi connectivity index (χ4v) is 2.80. The first-order valence-electron chi connectivity index (χ1n) is 8.52. The van der Waals surface area contributed by atoms with Crippen molar-refractivity contribution in [1.82, 2.24) is 29.3 Å². The van der Waals surface area contributed by atoms with Gasteiger partial charge in [0, 0.05) is 30.2 Å². The molecule has 0 aromatic carbocycles. The highest BCUT2D eigenvalue weighted by atomic mass is 16.4. The molecule has 3 heterocycles. The number of nitrogens with zero attached hydrogens (tertiary/aromatic N) is 6. The minimum absolute atomic E-state index is 0.0447. The van der Waals surface area contributed by atoms with Gasteiger partial charge in [-0.15, -0.1) is 0 Å². The summed E-state index contributed by atoms with van der Waals surface area (Å²) < 4.78 is 4.79. The molecule has 1 amide bonds. The first-order chi connectivity index (χ1) is 12.9. The van der Waals surface area contributed by atoms with Crippen molar-refractivity contribution in [3.63, 3.8) is 0 Å². The van der Waals surface area contributed by atoms with Crippen molar-refractivity contribution in [1.29, 1.82) is 0 Å². The van der Waals surface area contributed by atoms with E-state index in [0.29, 0.717) is 12.2 Å². The molecule has 0 radical (unpaired) electrons. The fraction of sp³-hybridized carbons (Fsp3) is 0.353. The summed E-state index contributed by atoms with van der Waals surface area (Å²) in [7, 11) is 0. The standard InChI is InChI=1S/C17H21N7O3/c1-4-23-11(2)13(7-20-23)9-22-10-14(8-19-22)21-16(25)12(3)24-15(17(26)27)5-6-18-24/h5-8,10,12H,4,9H2,1-3H3,(H,21,25)(H,26,27). The van der Waals surface area contributed by atoms with E-state index in [0.717, 1.165) is 17.8 Å². The van der Waals surface area contributed by atoms with Crippen LogP contribution in [0.15, 0.2) is 30.9 Å². The molecule has 0 saturated heterocycles. The molecule has 2 N–H and O–H groups in total. The van der Waals surface area contributed by atoms with E-state index in [-0.39, 0.29) is 11.6 Å². The van der Waals surface area contributed by atoms with Crippen molar-refractivity contribution in [3.8, 4) is 0 Å². The van der Waals surface area contributed by atoms with Crippen molar-refractivity contribution in [3.05, 3.63) is 47.8 Å². The molecule has 0 bridgehead atoms. The summed E-state index contributed by atoms with van der Waals surface area (Å²) in [5.41, 5.74) is 2.61. The number of rotatable bonds is 7. The summed E-state index contributed by atoms with van der Waals surface area (Å²) in [5, 5.41) is 24.4. The molecule has 0 fully saturated rings. The first kappa shape index (κ1) is 18.4. The number of carbonyl (C=O) groups is 2. The molecule has 0 aliphatic rings. The molecule has 3 aromatic heterocycles. The maximum Gasteiger partial charge on any atom is 0.354 e. The molecule has 10 nitrogen and oxygen atoms in total. The zero-order valence-electron chi connectivity index (χ0n) is 15.3. The van der Waals surface area contributed by atoms with Crippen LogP contribution in [0.2, 0.25) is 0 Å². The van der Waals surface area contributed by atoms with E-state index < -0.39 is 12.0 Å². The van der Waals surface area contributed by atoms with E-state index in [1.54, 1.807) is 24.0 Å². The molecule has 10 heteroatoms. The Hall–Kier alpha value is -3.43. The maximum atomic E-state index is 12.4. The van der Waals surface area contributed by atoms with Crippen LogP contribution in [-0.4, -0.2) is 46.3 Å². The summed E-state index contributed by atoms with van der Waals surface area (Å²) in [6, 6.07) is 0.572. The lowest BCUT2D eigenvalue weighted by Crippen LogP contribution is -2.26. The van der Waals surface area contributed by atoms with Crippen LogP contribution in [0.3, 0.4) is 0 Å². The Morgan fingerprint density at radius 3 is 2.70 bits per heavy atom. The normalized spacial score (nSPS) is 12.1. The average molecular weight is 371 g/mol. The number of carboxylic acid groups (broad SMARTS) is 1. The lowest BCUT2D eigenvalue weighted by atomic mass is 10.2. The number of nitrogens with one attached hydrogen (secondary N) is 1. The largest absolute Gasteiger partial charge is 0.477 e. The number of hydrogen-bond acceptors (Lipinski definition) is 5. The molecule has 0 aliphatic carbocycles. The summed E-state index contributed by atoms with van der Waals surface area (Å²) in [6.07, 6.45) is 6.43. The zero-order chi connectivity index (χ0) is 19.6. The van der Waals surface area contributed by atoms with Crippen molar-refractivity contribution in [2.45, 2.75) is 39.9 Å². The van der Waals surface area contributed by atoms with Gasteiger partial charge in [0.25, 0.3) is 0 Å². The second kappa shape index (κ2) is 7.44.